The first-order valence-electron chi connectivity index (χ1n) is 11.8. The number of carbonyl (C=O) groups excluding carboxylic acids is 1. The molecule has 1 aliphatic heterocycles. The number of hydrogen-bond acceptors (Lipinski definition) is 6. The van der Waals surface area contributed by atoms with Gasteiger partial charge in [-0.05, 0) is 75.7 Å². The number of aromatic amines is 1. The Morgan fingerprint density at radius 2 is 1.83 bits per heavy atom. The molecular formula is C25H34Cl2N6O2S. The zero-order valence-corrected chi connectivity index (χ0v) is 22.9. The maximum Gasteiger partial charge on any atom is 0.240 e. The van der Waals surface area contributed by atoms with E-state index in [1.165, 1.54) is 11.8 Å². The molecule has 11 heteroatoms. The van der Waals surface area contributed by atoms with Crippen molar-refractivity contribution in [2.45, 2.75) is 43.2 Å². The number of aromatic nitrogens is 2. The van der Waals surface area contributed by atoms with Crippen LogP contribution < -0.4 is 15.8 Å². The standard InChI is InChI=1S/C25H32N6O2S.2ClH/c1-3-31(4-2)24(32)22(16-5-8-18(9-6-16)33-19-11-13-28-14-12-19)34-25-29-20-10-7-17(23(26)27)15-21(20)30-25;;/h5-10,15,19,22,28H,3-4,11-14H2,1-2H3,(H3,26,27)(H,29,30);2*1H. The molecular weight excluding hydrogens is 519 g/mol. The number of carbonyl (C=O) groups is 1. The lowest BCUT2D eigenvalue weighted by molar-refractivity contribution is -0.130. The van der Waals surface area contributed by atoms with E-state index in [0.29, 0.717) is 23.8 Å². The van der Waals surface area contributed by atoms with Crippen molar-refractivity contribution < 1.29 is 9.53 Å². The number of nitrogen functional groups attached to an aromatic ring is 1. The highest BCUT2D eigenvalue weighted by molar-refractivity contribution is 8.00. The van der Waals surface area contributed by atoms with Crippen molar-refractivity contribution in [1.82, 2.24) is 20.2 Å². The number of H-pyrrole nitrogens is 1. The first-order chi connectivity index (χ1) is 16.5. The van der Waals surface area contributed by atoms with Crippen molar-refractivity contribution in [3.8, 4) is 5.75 Å². The molecule has 8 nitrogen and oxygen atoms in total. The summed E-state index contributed by atoms with van der Waals surface area (Å²) in [6, 6.07) is 13.3. The van der Waals surface area contributed by atoms with Crippen LogP contribution in [0, 0.1) is 5.41 Å². The number of ether oxygens (including phenoxy) is 1. The van der Waals surface area contributed by atoms with Crippen LogP contribution in [0.5, 0.6) is 5.75 Å². The minimum Gasteiger partial charge on any atom is -0.490 e. The van der Waals surface area contributed by atoms with E-state index in [1.807, 2.05) is 55.1 Å². The van der Waals surface area contributed by atoms with Gasteiger partial charge < -0.3 is 25.7 Å². The quantitative estimate of drug-likeness (QED) is 0.176. The van der Waals surface area contributed by atoms with Crippen LogP contribution in [0.25, 0.3) is 11.0 Å². The van der Waals surface area contributed by atoms with E-state index >= 15 is 0 Å². The molecule has 3 aromatic rings. The number of benzene rings is 2. The van der Waals surface area contributed by atoms with Crippen molar-refractivity contribution in [3.05, 3.63) is 53.6 Å². The fourth-order valence-electron chi connectivity index (χ4n) is 4.11. The molecule has 4 rings (SSSR count). The normalized spacial score (nSPS) is 14.4. The molecule has 2 heterocycles. The van der Waals surface area contributed by atoms with Gasteiger partial charge in [0.05, 0.1) is 11.0 Å². The molecule has 0 spiro atoms. The van der Waals surface area contributed by atoms with Crippen LogP contribution in [0.1, 0.15) is 43.1 Å². The average Bonchev–Trinajstić information content (AvgIpc) is 3.26. The molecule has 0 radical (unpaired) electrons. The van der Waals surface area contributed by atoms with Crippen LogP contribution in [0.3, 0.4) is 0 Å². The highest BCUT2D eigenvalue weighted by Crippen LogP contribution is 2.37. The van der Waals surface area contributed by atoms with Gasteiger partial charge in [0.25, 0.3) is 0 Å². The third-order valence-electron chi connectivity index (χ3n) is 6.07. The maximum atomic E-state index is 13.5. The van der Waals surface area contributed by atoms with Crippen molar-refractivity contribution in [2.24, 2.45) is 5.73 Å². The lowest BCUT2D eigenvalue weighted by Gasteiger charge is -2.25. The Kier molecular flexibility index (Phi) is 11.4. The molecule has 1 amide bonds. The largest absolute Gasteiger partial charge is 0.490 e. The summed E-state index contributed by atoms with van der Waals surface area (Å²) in [6.07, 6.45) is 2.22. The number of rotatable bonds is 9. The van der Waals surface area contributed by atoms with Crippen LogP contribution in [-0.4, -0.2) is 58.9 Å². The number of nitrogens with one attached hydrogen (secondary N) is 3. The topological polar surface area (TPSA) is 120 Å². The summed E-state index contributed by atoms with van der Waals surface area (Å²) in [5.41, 5.74) is 8.72. The summed E-state index contributed by atoms with van der Waals surface area (Å²) in [7, 11) is 0. The monoisotopic (exact) mass is 552 g/mol. The van der Waals surface area contributed by atoms with Gasteiger partial charge in [-0.2, -0.15) is 0 Å². The van der Waals surface area contributed by atoms with Crippen molar-refractivity contribution in [3.63, 3.8) is 0 Å². The molecule has 1 saturated heterocycles. The first-order valence-corrected chi connectivity index (χ1v) is 12.6. The number of hydrogen-bond donors (Lipinski definition) is 4. The number of nitrogens with two attached hydrogens (primary N) is 1. The molecule has 2 aromatic carbocycles. The maximum absolute atomic E-state index is 13.5. The third-order valence-corrected chi connectivity index (χ3v) is 7.20. The SMILES string of the molecule is CCN(CC)C(=O)C(Sc1nc2ccc(C(=N)N)cc2[nH]1)c1ccc(OC2CCNCC2)cc1.Cl.Cl. The Balaban J connectivity index is 0.00000228. The zero-order valence-electron chi connectivity index (χ0n) is 20.5. The Hall–Kier alpha value is -2.46. The molecule has 0 saturated carbocycles. The van der Waals surface area contributed by atoms with Crippen molar-refractivity contribution >= 4 is 59.4 Å². The van der Waals surface area contributed by atoms with E-state index in [4.69, 9.17) is 15.9 Å². The van der Waals surface area contributed by atoms with E-state index in [-0.39, 0.29) is 42.7 Å². The second-order valence-electron chi connectivity index (χ2n) is 8.33. The van der Waals surface area contributed by atoms with Crippen LogP contribution in [-0.2, 0) is 4.79 Å². The predicted octanol–water partition coefficient (Wildman–Crippen LogP) is 4.52. The summed E-state index contributed by atoms with van der Waals surface area (Å²) in [5, 5.41) is 11.2. The number of thioether (sulfide) groups is 1. The molecule has 1 atom stereocenters. The predicted molar refractivity (Wildman–Crippen MR) is 151 cm³/mol. The molecule has 36 heavy (non-hydrogen) atoms. The van der Waals surface area contributed by atoms with Gasteiger partial charge in [0.2, 0.25) is 5.91 Å². The minimum atomic E-state index is -0.444. The Labute approximate surface area is 228 Å². The van der Waals surface area contributed by atoms with Crippen LogP contribution in [0.4, 0.5) is 0 Å². The number of halogens is 2. The number of imidazole rings is 1. The van der Waals surface area contributed by atoms with Crippen LogP contribution in [0.15, 0.2) is 47.6 Å². The molecule has 1 aromatic heterocycles. The third kappa shape index (κ3) is 7.06. The molecule has 1 unspecified atom stereocenters. The molecule has 1 fully saturated rings. The fourth-order valence-corrected chi connectivity index (χ4v) is 5.20. The van der Waals surface area contributed by atoms with Gasteiger partial charge in [-0.25, -0.2) is 4.98 Å². The smallest absolute Gasteiger partial charge is 0.240 e. The van der Waals surface area contributed by atoms with Gasteiger partial charge in [-0.3, -0.25) is 10.2 Å². The number of likely N-dealkylation sites (N-methyl/N-ethyl adjacent to an activating group) is 1. The second kappa shape index (κ2) is 13.7. The number of fused-ring (bicyclic) bond motifs is 1. The lowest BCUT2D eigenvalue weighted by atomic mass is 10.1. The summed E-state index contributed by atoms with van der Waals surface area (Å²) in [4.78, 5) is 23.2. The van der Waals surface area contributed by atoms with Gasteiger partial charge in [0, 0.05) is 18.7 Å². The molecule has 196 valence electrons. The van der Waals surface area contributed by atoms with Gasteiger partial charge >= 0.3 is 0 Å². The van der Waals surface area contributed by atoms with E-state index in [2.05, 4.69) is 15.3 Å². The number of amides is 1. The number of amidine groups is 1. The van der Waals surface area contributed by atoms with Gasteiger partial charge in [0.1, 0.15) is 22.9 Å². The number of piperidine rings is 1. The van der Waals surface area contributed by atoms with Crippen molar-refractivity contribution in [2.75, 3.05) is 26.2 Å². The molecule has 5 N–H and O–H groups in total. The Morgan fingerprint density at radius 1 is 1.17 bits per heavy atom. The first kappa shape index (κ1) is 29.8. The Bertz CT molecular complexity index is 1150. The van der Waals surface area contributed by atoms with Crippen LogP contribution >= 0.6 is 36.6 Å². The molecule has 0 aliphatic carbocycles. The zero-order chi connectivity index (χ0) is 24.1. The number of nitrogens with zero attached hydrogens (tertiary/aromatic N) is 2. The molecule has 1 aliphatic rings. The van der Waals surface area contributed by atoms with Crippen LogP contribution in [0.2, 0.25) is 0 Å². The lowest BCUT2D eigenvalue weighted by Crippen LogP contribution is -2.34. The minimum absolute atomic E-state index is 0. The van der Waals surface area contributed by atoms with E-state index in [1.54, 1.807) is 6.07 Å². The highest BCUT2D eigenvalue weighted by Gasteiger charge is 2.27. The second-order valence-corrected chi connectivity index (χ2v) is 9.43. The van der Waals surface area contributed by atoms with E-state index < -0.39 is 5.25 Å². The van der Waals surface area contributed by atoms with E-state index in [0.717, 1.165) is 48.3 Å². The van der Waals surface area contributed by atoms with E-state index in [9.17, 15) is 4.79 Å². The average molecular weight is 554 g/mol. The molecule has 0 bridgehead atoms. The van der Waals surface area contributed by atoms with Gasteiger partial charge in [-0.1, -0.05) is 23.9 Å². The van der Waals surface area contributed by atoms with Gasteiger partial charge in [0.15, 0.2) is 5.16 Å². The summed E-state index contributed by atoms with van der Waals surface area (Å²) in [5.74, 6) is 0.884. The summed E-state index contributed by atoms with van der Waals surface area (Å²) < 4.78 is 6.14. The van der Waals surface area contributed by atoms with Gasteiger partial charge in [-0.15, -0.1) is 24.8 Å². The fraction of sp³-hybridized carbons (Fsp3) is 0.400. The summed E-state index contributed by atoms with van der Waals surface area (Å²) >= 11 is 1.40. The highest BCUT2D eigenvalue weighted by atomic mass is 35.5. The van der Waals surface area contributed by atoms with Crippen molar-refractivity contribution in [1.29, 1.82) is 5.41 Å². The Morgan fingerprint density at radius 3 is 2.44 bits per heavy atom. The summed E-state index contributed by atoms with van der Waals surface area (Å²) in [6.45, 7) is 7.22.